The summed E-state index contributed by atoms with van der Waals surface area (Å²) in [5.41, 5.74) is 3.04. The first kappa shape index (κ1) is 31.9. The van der Waals surface area contributed by atoms with Gasteiger partial charge in [-0.15, -0.1) is 0 Å². The number of aliphatic hydroxyl groups is 1. The van der Waals surface area contributed by atoms with E-state index in [2.05, 4.69) is 15.7 Å². The van der Waals surface area contributed by atoms with E-state index < -0.39 is 45.6 Å². The molecule has 2 bridgehead atoms. The van der Waals surface area contributed by atoms with Crippen molar-refractivity contribution < 1.29 is 32.6 Å². The number of anilines is 1. The number of carbonyl (C=O) groups excluding carboxylic acids is 2. The molecule has 2 aliphatic heterocycles. The van der Waals surface area contributed by atoms with Gasteiger partial charge in [0.2, 0.25) is 10.0 Å². The Morgan fingerprint density at radius 3 is 2.80 bits per heavy atom. The zero-order valence-corrected chi connectivity index (χ0v) is 27.3. The van der Waals surface area contributed by atoms with Crippen LogP contribution < -0.4 is 14.4 Å². The quantitative estimate of drug-likeness (QED) is 0.350. The molecule has 11 heteroatoms. The molecule has 242 valence electrons. The topological polar surface area (TPSA) is 122 Å². The highest BCUT2D eigenvalue weighted by molar-refractivity contribution is 7.90. The third kappa shape index (κ3) is 6.33. The number of halogens is 1. The van der Waals surface area contributed by atoms with Gasteiger partial charge in [0, 0.05) is 29.1 Å². The van der Waals surface area contributed by atoms with Gasteiger partial charge in [-0.2, -0.15) is 0 Å². The van der Waals surface area contributed by atoms with Crippen LogP contribution in [-0.2, 0) is 31.4 Å². The standard InChI is InChI=1S/C34H41ClN2O7S/c1-21-5-3-7-29(38)26-11-8-24(26)18-37-19-34(14-4-6-22-15-25(35)10-12-27(22)34)20-44-30-13-9-23(16-28(30)37)33(40)36-45(41,42)31(21)17-32(39)43-2/h3,7,9-10,12-13,15-16,21,24,26,29,31,38H,4-6,8,11,14,17-20H2,1-2H3,(H,36,40)/b7-3+/t21-,24+,26-,29+,31-,34+/m1/s1. The summed E-state index contributed by atoms with van der Waals surface area (Å²) < 4.78 is 40.7. The predicted molar refractivity (Wildman–Crippen MR) is 172 cm³/mol. The Morgan fingerprint density at radius 1 is 1.22 bits per heavy atom. The molecular formula is C34H41ClN2O7S. The molecule has 4 aliphatic rings. The highest BCUT2D eigenvalue weighted by Crippen LogP contribution is 2.46. The van der Waals surface area contributed by atoms with Gasteiger partial charge in [-0.3, -0.25) is 9.59 Å². The Hall–Kier alpha value is -3.08. The van der Waals surface area contributed by atoms with Crippen LogP contribution in [-0.4, -0.2) is 63.6 Å². The van der Waals surface area contributed by atoms with Gasteiger partial charge >= 0.3 is 5.97 Å². The normalized spacial score (nSPS) is 31.7. The molecule has 1 amide bonds. The van der Waals surface area contributed by atoms with Gasteiger partial charge in [0.25, 0.3) is 5.91 Å². The molecule has 6 atom stereocenters. The number of rotatable bonds is 2. The van der Waals surface area contributed by atoms with Crippen LogP contribution in [0.1, 0.15) is 66.9 Å². The molecule has 1 fully saturated rings. The lowest BCUT2D eigenvalue weighted by Crippen LogP contribution is -2.49. The van der Waals surface area contributed by atoms with E-state index in [1.165, 1.54) is 18.2 Å². The number of methoxy groups -OCH3 is 1. The summed E-state index contributed by atoms with van der Waals surface area (Å²) in [6, 6.07) is 11.1. The third-order valence-electron chi connectivity index (χ3n) is 10.4. The first-order chi connectivity index (χ1) is 21.5. The van der Waals surface area contributed by atoms with Crippen LogP contribution >= 0.6 is 11.6 Å². The van der Waals surface area contributed by atoms with Gasteiger partial charge < -0.3 is 19.5 Å². The van der Waals surface area contributed by atoms with Gasteiger partial charge in [-0.1, -0.05) is 36.7 Å². The van der Waals surface area contributed by atoms with E-state index in [1.807, 2.05) is 12.1 Å². The molecule has 9 nitrogen and oxygen atoms in total. The number of nitrogens with one attached hydrogen (secondary N) is 1. The molecule has 2 heterocycles. The van der Waals surface area contributed by atoms with E-state index in [9.17, 15) is 23.1 Å². The molecule has 2 aromatic rings. The van der Waals surface area contributed by atoms with Crippen LogP contribution in [0.2, 0.25) is 5.02 Å². The summed E-state index contributed by atoms with van der Waals surface area (Å²) >= 11 is 6.39. The molecule has 2 aliphatic carbocycles. The minimum Gasteiger partial charge on any atom is -0.490 e. The Balaban J connectivity index is 1.41. The fourth-order valence-corrected chi connectivity index (χ4v) is 9.47. The lowest BCUT2D eigenvalue weighted by molar-refractivity contribution is -0.140. The summed E-state index contributed by atoms with van der Waals surface area (Å²) in [5, 5.41) is 10.7. The molecule has 0 radical (unpaired) electrons. The molecular weight excluding hydrogens is 616 g/mol. The number of esters is 1. The lowest BCUT2D eigenvalue weighted by Gasteiger charge is -2.45. The molecule has 0 saturated heterocycles. The Labute approximate surface area is 270 Å². The fourth-order valence-electron chi connectivity index (χ4n) is 7.66. The van der Waals surface area contributed by atoms with Crippen molar-refractivity contribution in [3.05, 3.63) is 70.3 Å². The average Bonchev–Trinajstić information content (AvgIpc) is 3.13. The van der Waals surface area contributed by atoms with Crippen LogP contribution in [0.15, 0.2) is 48.6 Å². The van der Waals surface area contributed by atoms with Crippen LogP contribution in [0, 0.1) is 17.8 Å². The van der Waals surface area contributed by atoms with Gasteiger partial charge in [-0.25, -0.2) is 13.1 Å². The third-order valence-corrected chi connectivity index (χ3v) is 12.5. The number of benzene rings is 2. The molecule has 1 saturated carbocycles. The van der Waals surface area contributed by atoms with Crippen molar-refractivity contribution in [3.8, 4) is 5.75 Å². The van der Waals surface area contributed by atoms with Crippen LogP contribution in [0.25, 0.3) is 0 Å². The molecule has 2 aromatic carbocycles. The summed E-state index contributed by atoms with van der Waals surface area (Å²) in [7, 11) is -3.08. The first-order valence-corrected chi connectivity index (χ1v) is 17.7. The predicted octanol–water partition coefficient (Wildman–Crippen LogP) is 4.79. The number of carbonyl (C=O) groups is 2. The molecule has 2 N–H and O–H groups in total. The second-order valence-corrected chi connectivity index (χ2v) is 15.6. The van der Waals surface area contributed by atoms with Crippen molar-refractivity contribution in [3.63, 3.8) is 0 Å². The second-order valence-electron chi connectivity index (χ2n) is 13.2. The number of aliphatic hydroxyl groups excluding tert-OH is 1. The zero-order valence-electron chi connectivity index (χ0n) is 25.7. The molecule has 1 spiro atoms. The largest absolute Gasteiger partial charge is 0.490 e. The van der Waals surface area contributed by atoms with Crippen molar-refractivity contribution in [1.82, 2.24) is 4.72 Å². The fraction of sp³-hybridized carbons (Fsp3) is 0.529. The number of ether oxygens (including phenoxy) is 2. The Morgan fingerprint density at radius 2 is 2.04 bits per heavy atom. The van der Waals surface area contributed by atoms with Crippen LogP contribution in [0.4, 0.5) is 5.69 Å². The molecule has 6 rings (SSSR count). The smallest absolute Gasteiger partial charge is 0.306 e. The number of aryl methyl sites for hydroxylation is 1. The van der Waals surface area contributed by atoms with Crippen molar-refractivity contribution in [2.45, 2.75) is 68.6 Å². The van der Waals surface area contributed by atoms with Gasteiger partial charge in [0.1, 0.15) is 5.75 Å². The van der Waals surface area contributed by atoms with Crippen molar-refractivity contribution in [2.24, 2.45) is 17.8 Å². The van der Waals surface area contributed by atoms with Crippen LogP contribution in [0.3, 0.4) is 0 Å². The van der Waals surface area contributed by atoms with E-state index >= 15 is 0 Å². The summed E-state index contributed by atoms with van der Waals surface area (Å²) in [6.45, 7) is 3.48. The van der Waals surface area contributed by atoms with E-state index in [4.69, 9.17) is 21.1 Å². The first-order valence-electron chi connectivity index (χ1n) is 15.8. The zero-order chi connectivity index (χ0) is 31.9. The maximum absolute atomic E-state index is 13.6. The number of nitrogens with zero attached hydrogens (tertiary/aromatic N) is 1. The maximum Gasteiger partial charge on any atom is 0.306 e. The monoisotopic (exact) mass is 656 g/mol. The highest BCUT2D eigenvalue weighted by atomic mass is 35.5. The molecule has 45 heavy (non-hydrogen) atoms. The average molecular weight is 657 g/mol. The SMILES string of the molecule is COC(=O)C[C@@H]1[C@H](C)C/C=C/[C@H](O)[C@@H]2CC[C@H]2CN2C[C@@]3(CCCc4cc(Cl)ccc43)COc3ccc(cc32)C(=O)NS1(=O)=O. The van der Waals surface area contributed by atoms with Gasteiger partial charge in [0.05, 0.1) is 37.2 Å². The lowest BCUT2D eigenvalue weighted by atomic mass is 9.68. The number of amides is 1. The minimum absolute atomic E-state index is 0.0477. The van der Waals surface area contributed by atoms with Crippen molar-refractivity contribution >= 4 is 39.2 Å². The number of allylic oxidation sites excluding steroid dienone is 1. The number of fused-ring (bicyclic) bond motifs is 4. The van der Waals surface area contributed by atoms with E-state index in [-0.39, 0.29) is 22.8 Å². The molecule has 0 aromatic heterocycles. The van der Waals surface area contributed by atoms with Gasteiger partial charge in [-0.05, 0) is 97.7 Å². The number of hydrogen-bond donors (Lipinski definition) is 2. The van der Waals surface area contributed by atoms with Crippen LogP contribution in [0.5, 0.6) is 5.75 Å². The summed E-state index contributed by atoms with van der Waals surface area (Å²) in [6.07, 6.45) is 7.49. The van der Waals surface area contributed by atoms with Crippen molar-refractivity contribution in [2.75, 3.05) is 31.7 Å². The van der Waals surface area contributed by atoms with E-state index in [1.54, 1.807) is 37.3 Å². The maximum atomic E-state index is 13.6. The summed E-state index contributed by atoms with van der Waals surface area (Å²) in [4.78, 5) is 28.0. The Bertz CT molecular complexity index is 1610. The minimum atomic E-state index is -4.28. The summed E-state index contributed by atoms with van der Waals surface area (Å²) in [5.74, 6) is -1.08. The van der Waals surface area contributed by atoms with Gasteiger partial charge in [0.15, 0.2) is 0 Å². The number of sulfonamides is 1. The number of hydrogen-bond acceptors (Lipinski definition) is 8. The highest BCUT2D eigenvalue weighted by Gasteiger charge is 2.44. The van der Waals surface area contributed by atoms with E-state index in [0.29, 0.717) is 36.9 Å². The Kier molecular flexibility index (Phi) is 8.93. The second kappa shape index (κ2) is 12.6. The van der Waals surface area contributed by atoms with E-state index in [0.717, 1.165) is 37.8 Å². The molecule has 0 unspecified atom stereocenters. The van der Waals surface area contributed by atoms with Crippen molar-refractivity contribution in [1.29, 1.82) is 0 Å².